The molecule has 0 radical (unpaired) electrons. The Morgan fingerprint density at radius 2 is 0.872 bits per heavy atom. The van der Waals surface area contributed by atoms with Crippen molar-refractivity contribution in [2.75, 3.05) is 23.9 Å². The van der Waals surface area contributed by atoms with E-state index in [9.17, 15) is 0 Å². The van der Waals surface area contributed by atoms with E-state index in [4.69, 9.17) is 0 Å². The molecule has 0 heterocycles. The molecule has 0 amide bonds. The van der Waals surface area contributed by atoms with Gasteiger partial charge in [-0.3, -0.25) is 0 Å². The van der Waals surface area contributed by atoms with Gasteiger partial charge in [0.2, 0.25) is 0 Å². The zero-order valence-corrected chi connectivity index (χ0v) is 22.8. The molecule has 194 valence electrons. The maximum atomic E-state index is 2.32. The number of allylic oxidation sites excluding steroid dienone is 1. The van der Waals surface area contributed by atoms with Crippen molar-refractivity contribution in [3.8, 4) is 0 Å². The third-order valence-electron chi connectivity index (χ3n) is 7.19. The van der Waals surface area contributed by atoms with E-state index in [0.29, 0.717) is 0 Å². The van der Waals surface area contributed by atoms with Crippen LogP contribution in [0, 0.1) is 0 Å². The quantitative estimate of drug-likeness (QED) is 0.186. The van der Waals surface area contributed by atoms with Crippen LogP contribution in [-0.2, 0) is 13.1 Å². The van der Waals surface area contributed by atoms with E-state index in [-0.39, 0.29) is 5.92 Å². The molecule has 0 N–H and O–H groups in total. The Bertz CT molecular complexity index is 1350. The molecule has 0 aliphatic heterocycles. The van der Waals surface area contributed by atoms with Gasteiger partial charge >= 0.3 is 0 Å². The minimum Gasteiger partial charge on any atom is -0.370 e. The van der Waals surface area contributed by atoms with Crippen LogP contribution in [0.15, 0.2) is 146 Å². The Labute approximate surface area is 233 Å². The predicted octanol–water partition coefficient (Wildman–Crippen LogP) is 8.80. The van der Waals surface area contributed by atoms with E-state index < -0.39 is 0 Å². The first kappa shape index (κ1) is 26.1. The monoisotopic (exact) mass is 508 g/mol. The van der Waals surface area contributed by atoms with Crippen LogP contribution in [0.25, 0.3) is 6.08 Å². The van der Waals surface area contributed by atoms with Gasteiger partial charge in [-0.05, 0) is 52.1 Å². The summed E-state index contributed by atoms with van der Waals surface area (Å²) in [6, 6.07) is 49.8. The number of hydrogen-bond donors (Lipinski definition) is 0. The predicted molar refractivity (Wildman–Crippen MR) is 167 cm³/mol. The fourth-order valence-corrected chi connectivity index (χ4v) is 4.96. The Balaban J connectivity index is 1.37. The van der Waals surface area contributed by atoms with Crippen molar-refractivity contribution < 1.29 is 0 Å². The Morgan fingerprint density at radius 3 is 1.28 bits per heavy atom. The molecule has 0 aromatic heterocycles. The highest BCUT2D eigenvalue weighted by atomic mass is 15.1. The van der Waals surface area contributed by atoms with Gasteiger partial charge in [-0.2, -0.15) is 0 Å². The second-order valence-electron chi connectivity index (χ2n) is 10.1. The molecule has 0 aliphatic rings. The van der Waals surface area contributed by atoms with Crippen molar-refractivity contribution in [3.05, 3.63) is 173 Å². The highest BCUT2D eigenvalue weighted by molar-refractivity contribution is 5.56. The van der Waals surface area contributed by atoms with Crippen LogP contribution in [0.2, 0.25) is 0 Å². The van der Waals surface area contributed by atoms with Gasteiger partial charge in [0, 0.05) is 44.5 Å². The molecular weight excluding hydrogens is 472 g/mol. The molecule has 5 rings (SSSR count). The van der Waals surface area contributed by atoms with Gasteiger partial charge in [-0.25, -0.2) is 0 Å². The molecule has 0 spiro atoms. The highest BCUT2D eigenvalue weighted by Gasteiger charge is 2.13. The first-order chi connectivity index (χ1) is 19.2. The molecule has 0 fully saturated rings. The lowest BCUT2D eigenvalue weighted by Gasteiger charge is -2.22. The third-order valence-corrected chi connectivity index (χ3v) is 7.19. The van der Waals surface area contributed by atoms with Crippen LogP contribution in [0.4, 0.5) is 11.4 Å². The van der Waals surface area contributed by atoms with E-state index in [2.05, 4.69) is 176 Å². The average molecular weight is 509 g/mol. The van der Waals surface area contributed by atoms with Crippen LogP contribution >= 0.6 is 0 Å². The molecule has 0 saturated carbocycles. The normalized spacial score (nSPS) is 11.2. The van der Waals surface area contributed by atoms with Gasteiger partial charge in [0.25, 0.3) is 0 Å². The first-order valence-corrected chi connectivity index (χ1v) is 13.6. The smallest absolute Gasteiger partial charge is 0.0426 e. The molecule has 0 aliphatic carbocycles. The summed E-state index contributed by atoms with van der Waals surface area (Å²) >= 11 is 0. The molecule has 5 aromatic rings. The summed E-state index contributed by atoms with van der Waals surface area (Å²) in [6.07, 6.45) is 4.55. The van der Waals surface area contributed by atoms with E-state index in [1.807, 2.05) is 0 Å². The zero-order valence-electron chi connectivity index (χ0n) is 22.8. The summed E-state index contributed by atoms with van der Waals surface area (Å²) in [5, 5.41) is 0. The second-order valence-corrected chi connectivity index (χ2v) is 10.1. The van der Waals surface area contributed by atoms with Crippen molar-refractivity contribution in [2.24, 2.45) is 0 Å². The van der Waals surface area contributed by atoms with Gasteiger partial charge in [-0.1, -0.05) is 127 Å². The molecule has 0 saturated heterocycles. The molecule has 0 atom stereocenters. The lowest BCUT2D eigenvalue weighted by Crippen LogP contribution is -2.16. The van der Waals surface area contributed by atoms with Gasteiger partial charge in [0.1, 0.15) is 0 Å². The van der Waals surface area contributed by atoms with Crippen molar-refractivity contribution in [3.63, 3.8) is 0 Å². The van der Waals surface area contributed by atoms with Crippen molar-refractivity contribution >= 4 is 17.5 Å². The molecule has 2 heteroatoms. The van der Waals surface area contributed by atoms with E-state index >= 15 is 0 Å². The Morgan fingerprint density at radius 1 is 0.487 bits per heavy atom. The third kappa shape index (κ3) is 7.06. The highest BCUT2D eigenvalue weighted by Crippen LogP contribution is 2.30. The molecule has 2 nitrogen and oxygen atoms in total. The fraction of sp³-hybridized carbons (Fsp3) is 0.135. The van der Waals surface area contributed by atoms with E-state index in [1.54, 1.807) is 0 Å². The largest absolute Gasteiger partial charge is 0.370 e. The number of hydrogen-bond acceptors (Lipinski definition) is 2. The molecule has 0 bridgehead atoms. The Kier molecular flexibility index (Phi) is 8.55. The van der Waals surface area contributed by atoms with Crippen LogP contribution in [0.3, 0.4) is 0 Å². The van der Waals surface area contributed by atoms with Crippen molar-refractivity contribution in [1.82, 2.24) is 0 Å². The average Bonchev–Trinajstić information content (AvgIpc) is 2.99. The van der Waals surface area contributed by atoms with E-state index in [0.717, 1.165) is 13.1 Å². The lowest BCUT2D eigenvalue weighted by molar-refractivity contribution is 0.918. The summed E-state index contributed by atoms with van der Waals surface area (Å²) in [6.45, 7) is 1.77. The number of anilines is 2. The lowest BCUT2D eigenvalue weighted by atomic mass is 9.90. The van der Waals surface area contributed by atoms with Crippen LogP contribution in [-0.4, -0.2) is 14.1 Å². The summed E-state index contributed by atoms with van der Waals surface area (Å²) in [5.41, 5.74) is 8.82. The summed E-state index contributed by atoms with van der Waals surface area (Å²) in [5.74, 6) is 0.159. The molecule has 0 unspecified atom stereocenters. The fourth-order valence-electron chi connectivity index (χ4n) is 4.96. The molecule has 5 aromatic carbocycles. The number of benzene rings is 5. The summed E-state index contributed by atoms with van der Waals surface area (Å²) in [4.78, 5) is 4.59. The minimum atomic E-state index is 0.159. The van der Waals surface area contributed by atoms with Crippen LogP contribution < -0.4 is 9.80 Å². The van der Waals surface area contributed by atoms with Crippen molar-refractivity contribution in [2.45, 2.75) is 19.0 Å². The summed E-state index contributed by atoms with van der Waals surface area (Å²) in [7, 11) is 4.30. The van der Waals surface area contributed by atoms with Gasteiger partial charge in [0.05, 0.1) is 0 Å². The zero-order chi connectivity index (χ0) is 26.9. The SMILES string of the molecule is CN(Cc1ccccc1)c1ccc(C(C=Cc2ccccc2)c2ccc(N(C)Cc3ccccc3)cc2)cc1. The minimum absolute atomic E-state index is 0.159. The van der Waals surface area contributed by atoms with E-state index in [1.165, 1.54) is 39.2 Å². The van der Waals surface area contributed by atoms with Gasteiger partial charge < -0.3 is 9.80 Å². The van der Waals surface area contributed by atoms with Crippen molar-refractivity contribution in [1.29, 1.82) is 0 Å². The van der Waals surface area contributed by atoms with Gasteiger partial charge in [-0.15, -0.1) is 0 Å². The topological polar surface area (TPSA) is 6.48 Å². The standard InChI is InChI=1S/C37H36N2/c1-38(28-31-14-8-4-9-15-31)35-23-19-33(20-24-35)37(27-18-30-12-6-3-7-13-30)34-21-25-36(26-22-34)39(2)29-32-16-10-5-11-17-32/h3-27,37H,28-29H2,1-2H3. The number of rotatable bonds is 10. The van der Waals surface area contributed by atoms with Gasteiger partial charge in [0.15, 0.2) is 0 Å². The van der Waals surface area contributed by atoms with Crippen LogP contribution in [0.1, 0.15) is 33.7 Å². The summed E-state index contributed by atoms with van der Waals surface area (Å²) < 4.78 is 0. The van der Waals surface area contributed by atoms with Crippen LogP contribution in [0.5, 0.6) is 0 Å². The first-order valence-electron chi connectivity index (χ1n) is 13.6. The maximum Gasteiger partial charge on any atom is 0.0426 e. The molecular formula is C37H36N2. The maximum absolute atomic E-state index is 2.32. The Hall–Kier alpha value is -4.56. The molecule has 39 heavy (non-hydrogen) atoms. The number of nitrogens with zero attached hydrogens (tertiary/aromatic N) is 2. The second kappa shape index (κ2) is 12.8.